The first-order chi connectivity index (χ1) is 11.3. The summed E-state index contributed by atoms with van der Waals surface area (Å²) in [5.41, 5.74) is 7.08. The number of alkyl halides is 2. The fourth-order valence-corrected chi connectivity index (χ4v) is 3.22. The van der Waals surface area contributed by atoms with E-state index in [1.165, 1.54) is 11.8 Å². The molecule has 0 fully saturated rings. The van der Waals surface area contributed by atoms with E-state index in [9.17, 15) is 13.6 Å². The van der Waals surface area contributed by atoms with Gasteiger partial charge in [0.25, 0.3) is 11.8 Å². The van der Waals surface area contributed by atoms with E-state index in [0.29, 0.717) is 16.2 Å². The fraction of sp³-hybridized carbons (Fsp3) is 0.375. The van der Waals surface area contributed by atoms with Gasteiger partial charge in [-0.2, -0.15) is 0 Å². The quantitative estimate of drug-likeness (QED) is 0.747. The summed E-state index contributed by atoms with van der Waals surface area (Å²) >= 11 is 1.43. The largest absolute Gasteiger partial charge is 0.361 e. The minimum atomic E-state index is -3.12. The van der Waals surface area contributed by atoms with Gasteiger partial charge in [-0.3, -0.25) is 4.79 Å². The van der Waals surface area contributed by atoms with Gasteiger partial charge in [-0.25, -0.2) is 8.78 Å². The Kier molecular flexibility index (Phi) is 5.95. The highest BCUT2D eigenvalue weighted by atomic mass is 32.2. The number of amides is 1. The highest BCUT2D eigenvalue weighted by Crippen LogP contribution is 2.28. The van der Waals surface area contributed by atoms with Gasteiger partial charge in [0.2, 0.25) is 0 Å². The standard InChI is InChI=1S/C16H19F2N3O2S/c1-10-13(11(2)23-21-10)7-24-14-6-4-3-5-12(14)15(22)20-9-16(17,18)8-19/h3-6H,7-9,19H2,1-2H3,(H,20,22). The number of hydrogen-bond donors (Lipinski definition) is 2. The SMILES string of the molecule is Cc1noc(C)c1CSc1ccccc1C(=O)NCC(F)(F)CN. The summed E-state index contributed by atoms with van der Waals surface area (Å²) in [6.07, 6.45) is 0. The van der Waals surface area contributed by atoms with Gasteiger partial charge in [-0.15, -0.1) is 11.8 Å². The molecule has 0 unspecified atom stereocenters. The van der Waals surface area contributed by atoms with Gasteiger partial charge < -0.3 is 15.6 Å². The van der Waals surface area contributed by atoms with Crippen molar-refractivity contribution in [2.45, 2.75) is 30.4 Å². The first-order valence-electron chi connectivity index (χ1n) is 7.34. The van der Waals surface area contributed by atoms with Gasteiger partial charge in [0.1, 0.15) is 5.76 Å². The van der Waals surface area contributed by atoms with Crippen molar-refractivity contribution in [1.29, 1.82) is 0 Å². The predicted molar refractivity (Wildman–Crippen MR) is 88.3 cm³/mol. The Morgan fingerprint density at radius 2 is 2.08 bits per heavy atom. The van der Waals surface area contributed by atoms with Crippen LogP contribution in [0.25, 0.3) is 0 Å². The molecule has 130 valence electrons. The van der Waals surface area contributed by atoms with Crippen molar-refractivity contribution >= 4 is 17.7 Å². The molecule has 5 nitrogen and oxygen atoms in total. The van der Waals surface area contributed by atoms with Crippen molar-refractivity contribution in [3.63, 3.8) is 0 Å². The van der Waals surface area contributed by atoms with Crippen molar-refractivity contribution < 1.29 is 18.1 Å². The number of carbonyl (C=O) groups excluding carboxylic acids is 1. The van der Waals surface area contributed by atoms with Crippen LogP contribution in [0.4, 0.5) is 8.78 Å². The number of rotatable bonds is 7. The monoisotopic (exact) mass is 355 g/mol. The molecule has 0 bridgehead atoms. The summed E-state index contributed by atoms with van der Waals surface area (Å²) in [5, 5.41) is 6.12. The minimum Gasteiger partial charge on any atom is -0.361 e. The Morgan fingerprint density at radius 3 is 2.71 bits per heavy atom. The number of nitrogens with two attached hydrogens (primary N) is 1. The van der Waals surface area contributed by atoms with Crippen LogP contribution in [0.2, 0.25) is 0 Å². The van der Waals surface area contributed by atoms with Crippen LogP contribution < -0.4 is 11.1 Å². The van der Waals surface area contributed by atoms with Crippen molar-refractivity contribution in [1.82, 2.24) is 10.5 Å². The number of carbonyl (C=O) groups is 1. The van der Waals surface area contributed by atoms with Crippen LogP contribution in [0.3, 0.4) is 0 Å². The fourth-order valence-electron chi connectivity index (χ4n) is 2.01. The Morgan fingerprint density at radius 1 is 1.38 bits per heavy atom. The number of thioether (sulfide) groups is 1. The molecular weight excluding hydrogens is 336 g/mol. The highest BCUT2D eigenvalue weighted by Gasteiger charge is 2.27. The average molecular weight is 355 g/mol. The third-order valence-electron chi connectivity index (χ3n) is 3.49. The molecule has 0 radical (unpaired) electrons. The number of nitrogens with one attached hydrogen (secondary N) is 1. The Hall–Kier alpha value is -1.93. The van der Waals surface area contributed by atoms with E-state index in [1.807, 2.05) is 13.8 Å². The van der Waals surface area contributed by atoms with Gasteiger partial charge in [-0.05, 0) is 26.0 Å². The summed E-state index contributed by atoms with van der Waals surface area (Å²) in [4.78, 5) is 12.9. The number of hydrogen-bond acceptors (Lipinski definition) is 5. The summed E-state index contributed by atoms with van der Waals surface area (Å²) in [5.74, 6) is -2.37. The number of nitrogens with zero attached hydrogens (tertiary/aromatic N) is 1. The van der Waals surface area contributed by atoms with E-state index in [1.54, 1.807) is 24.3 Å². The predicted octanol–water partition coefficient (Wildman–Crippen LogP) is 2.91. The molecule has 8 heteroatoms. The molecule has 0 aliphatic heterocycles. The second-order valence-electron chi connectivity index (χ2n) is 5.33. The number of aryl methyl sites for hydroxylation is 2. The van der Waals surface area contributed by atoms with Crippen LogP contribution in [0.1, 0.15) is 27.4 Å². The van der Waals surface area contributed by atoms with Crippen LogP contribution in [-0.4, -0.2) is 30.1 Å². The van der Waals surface area contributed by atoms with Crippen molar-refractivity contribution in [3.8, 4) is 0 Å². The molecule has 0 saturated carbocycles. The van der Waals surface area contributed by atoms with Crippen molar-refractivity contribution in [2.24, 2.45) is 5.73 Å². The zero-order valence-corrected chi connectivity index (χ0v) is 14.3. The molecule has 1 heterocycles. The lowest BCUT2D eigenvalue weighted by molar-refractivity contribution is 0.0118. The van der Waals surface area contributed by atoms with E-state index >= 15 is 0 Å². The maximum absolute atomic E-state index is 13.2. The van der Waals surface area contributed by atoms with Crippen LogP contribution in [0, 0.1) is 13.8 Å². The summed E-state index contributed by atoms with van der Waals surface area (Å²) < 4.78 is 31.5. The third-order valence-corrected chi connectivity index (χ3v) is 4.59. The maximum Gasteiger partial charge on any atom is 0.277 e. The molecule has 3 N–H and O–H groups in total. The molecule has 0 spiro atoms. The Balaban J connectivity index is 2.08. The van der Waals surface area contributed by atoms with Crippen LogP contribution in [0.15, 0.2) is 33.7 Å². The lowest BCUT2D eigenvalue weighted by Gasteiger charge is -2.15. The number of halogens is 2. The molecule has 1 amide bonds. The minimum absolute atomic E-state index is 0.349. The second-order valence-corrected chi connectivity index (χ2v) is 6.35. The van der Waals surface area contributed by atoms with Crippen LogP contribution in [0.5, 0.6) is 0 Å². The summed E-state index contributed by atoms with van der Waals surface area (Å²) in [7, 11) is 0. The van der Waals surface area contributed by atoms with Gasteiger partial charge in [0.05, 0.1) is 24.3 Å². The Labute approximate surface area is 143 Å². The molecule has 2 rings (SSSR count). The molecule has 1 aromatic heterocycles. The van der Waals surface area contributed by atoms with E-state index in [4.69, 9.17) is 10.3 Å². The maximum atomic E-state index is 13.2. The lowest BCUT2D eigenvalue weighted by Crippen LogP contribution is -2.41. The van der Waals surface area contributed by atoms with E-state index in [2.05, 4.69) is 10.5 Å². The van der Waals surface area contributed by atoms with E-state index in [0.717, 1.165) is 17.0 Å². The molecule has 1 aromatic carbocycles. The van der Waals surface area contributed by atoms with Crippen molar-refractivity contribution in [3.05, 3.63) is 46.8 Å². The zero-order valence-electron chi connectivity index (χ0n) is 13.4. The molecule has 24 heavy (non-hydrogen) atoms. The van der Waals surface area contributed by atoms with Crippen molar-refractivity contribution in [2.75, 3.05) is 13.1 Å². The Bertz CT molecular complexity index is 700. The number of benzene rings is 1. The molecule has 0 aliphatic carbocycles. The van der Waals surface area contributed by atoms with Crippen LogP contribution >= 0.6 is 11.8 Å². The first-order valence-corrected chi connectivity index (χ1v) is 8.32. The average Bonchev–Trinajstić information content (AvgIpc) is 2.89. The summed E-state index contributed by atoms with van der Waals surface area (Å²) in [6.45, 7) is 2.07. The van der Waals surface area contributed by atoms with Crippen LogP contribution in [-0.2, 0) is 5.75 Å². The van der Waals surface area contributed by atoms with E-state index in [-0.39, 0.29) is 0 Å². The molecule has 2 aromatic rings. The lowest BCUT2D eigenvalue weighted by atomic mass is 10.2. The van der Waals surface area contributed by atoms with E-state index < -0.39 is 24.9 Å². The molecule has 0 saturated heterocycles. The zero-order chi connectivity index (χ0) is 17.7. The topological polar surface area (TPSA) is 81.2 Å². The van der Waals surface area contributed by atoms with Gasteiger partial charge in [0, 0.05) is 16.2 Å². The molecule has 0 atom stereocenters. The van der Waals surface area contributed by atoms with Gasteiger partial charge in [0.15, 0.2) is 0 Å². The second kappa shape index (κ2) is 7.76. The smallest absolute Gasteiger partial charge is 0.277 e. The molecular formula is C16H19F2N3O2S. The normalized spacial score (nSPS) is 11.5. The molecule has 0 aliphatic rings. The third kappa shape index (κ3) is 4.55. The summed E-state index contributed by atoms with van der Waals surface area (Å²) in [6, 6.07) is 6.86. The number of aromatic nitrogens is 1. The first kappa shape index (κ1) is 18.4. The van der Waals surface area contributed by atoms with Gasteiger partial charge in [-0.1, -0.05) is 17.3 Å². The van der Waals surface area contributed by atoms with Gasteiger partial charge >= 0.3 is 0 Å². The highest BCUT2D eigenvalue weighted by molar-refractivity contribution is 7.98.